The van der Waals surface area contributed by atoms with Crippen LogP contribution in [0.5, 0.6) is 0 Å². The third-order valence-corrected chi connectivity index (χ3v) is 3.19. The van der Waals surface area contributed by atoms with Crippen molar-refractivity contribution in [1.29, 1.82) is 0 Å². The zero-order chi connectivity index (χ0) is 14.5. The summed E-state index contributed by atoms with van der Waals surface area (Å²) in [6.07, 6.45) is 0. The molecule has 0 atom stereocenters. The van der Waals surface area contributed by atoms with Gasteiger partial charge in [-0.05, 0) is 49.2 Å². The van der Waals surface area contributed by atoms with Crippen molar-refractivity contribution in [2.45, 2.75) is 13.8 Å². The number of aryl methyl sites for hydroxylation is 2. The summed E-state index contributed by atoms with van der Waals surface area (Å²) in [6.45, 7) is 4.14. The van der Waals surface area contributed by atoms with Crippen molar-refractivity contribution < 1.29 is 4.79 Å². The Morgan fingerprint density at radius 3 is 2.60 bits per heavy atom. The lowest BCUT2D eigenvalue weighted by molar-refractivity contribution is -0.114. The van der Waals surface area contributed by atoms with Gasteiger partial charge in [0.15, 0.2) is 0 Å². The van der Waals surface area contributed by atoms with Crippen LogP contribution in [0.25, 0.3) is 0 Å². The minimum atomic E-state index is -0.104. The lowest BCUT2D eigenvalue weighted by Gasteiger charge is -2.10. The average molecular weight is 289 g/mol. The van der Waals surface area contributed by atoms with Gasteiger partial charge >= 0.3 is 0 Å². The molecule has 0 heterocycles. The zero-order valence-corrected chi connectivity index (χ0v) is 12.3. The molecule has 0 aliphatic carbocycles. The normalized spacial score (nSPS) is 10.2. The Labute approximate surface area is 124 Å². The van der Waals surface area contributed by atoms with E-state index in [0.29, 0.717) is 5.02 Å². The largest absolute Gasteiger partial charge is 0.375 e. The maximum absolute atomic E-state index is 11.9. The first-order chi connectivity index (χ1) is 9.54. The molecular weight excluding hydrogens is 272 g/mol. The first kappa shape index (κ1) is 14.4. The Kier molecular flexibility index (Phi) is 4.64. The van der Waals surface area contributed by atoms with E-state index in [1.165, 1.54) is 0 Å². The minimum absolute atomic E-state index is 0.104. The Morgan fingerprint density at radius 1 is 1.10 bits per heavy atom. The van der Waals surface area contributed by atoms with Gasteiger partial charge in [-0.3, -0.25) is 4.79 Å². The number of hydrogen-bond acceptors (Lipinski definition) is 2. The van der Waals surface area contributed by atoms with Crippen LogP contribution in [0.15, 0.2) is 42.5 Å². The highest BCUT2D eigenvalue weighted by Crippen LogP contribution is 2.22. The monoisotopic (exact) mass is 288 g/mol. The molecule has 0 spiro atoms. The first-order valence-electron chi connectivity index (χ1n) is 6.41. The van der Waals surface area contributed by atoms with Crippen LogP contribution in [0.2, 0.25) is 5.02 Å². The van der Waals surface area contributed by atoms with Crippen molar-refractivity contribution in [3.8, 4) is 0 Å². The van der Waals surface area contributed by atoms with E-state index in [-0.39, 0.29) is 12.5 Å². The van der Waals surface area contributed by atoms with Crippen LogP contribution in [0, 0.1) is 13.8 Å². The SMILES string of the molecule is Cc1cccc(NC(=O)CNc2cc(C)ccc2Cl)c1. The Balaban J connectivity index is 1.94. The van der Waals surface area contributed by atoms with E-state index in [1.54, 1.807) is 0 Å². The third kappa shape index (κ3) is 4.00. The highest BCUT2D eigenvalue weighted by molar-refractivity contribution is 6.33. The predicted octanol–water partition coefficient (Wildman–Crippen LogP) is 4.01. The molecule has 2 rings (SSSR count). The molecule has 0 radical (unpaired) electrons. The fourth-order valence-electron chi connectivity index (χ4n) is 1.88. The average Bonchev–Trinajstić information content (AvgIpc) is 2.40. The van der Waals surface area contributed by atoms with Crippen LogP contribution in [0.1, 0.15) is 11.1 Å². The standard InChI is InChI=1S/C16H17ClN2O/c1-11-4-3-5-13(8-11)19-16(20)10-18-15-9-12(2)6-7-14(15)17/h3-9,18H,10H2,1-2H3,(H,19,20). The number of benzene rings is 2. The van der Waals surface area contributed by atoms with E-state index in [9.17, 15) is 4.79 Å². The second-order valence-electron chi connectivity index (χ2n) is 4.75. The number of amides is 1. The Bertz CT molecular complexity index is 626. The summed E-state index contributed by atoms with van der Waals surface area (Å²) in [7, 11) is 0. The Morgan fingerprint density at radius 2 is 1.85 bits per heavy atom. The highest BCUT2D eigenvalue weighted by atomic mass is 35.5. The molecule has 2 aromatic carbocycles. The molecule has 3 nitrogen and oxygen atoms in total. The third-order valence-electron chi connectivity index (χ3n) is 2.86. The number of hydrogen-bond donors (Lipinski definition) is 2. The molecule has 0 aliphatic heterocycles. The van der Waals surface area contributed by atoms with Gasteiger partial charge in [-0.25, -0.2) is 0 Å². The summed E-state index contributed by atoms with van der Waals surface area (Å²) >= 11 is 6.07. The molecule has 2 N–H and O–H groups in total. The van der Waals surface area contributed by atoms with E-state index in [2.05, 4.69) is 10.6 Å². The number of halogens is 1. The van der Waals surface area contributed by atoms with Gasteiger partial charge in [0.1, 0.15) is 0 Å². The van der Waals surface area contributed by atoms with Crippen LogP contribution in [0.3, 0.4) is 0 Å². The summed E-state index contributed by atoms with van der Waals surface area (Å²) in [6, 6.07) is 13.4. The van der Waals surface area contributed by atoms with Crippen LogP contribution >= 0.6 is 11.6 Å². The smallest absolute Gasteiger partial charge is 0.243 e. The molecular formula is C16H17ClN2O. The van der Waals surface area contributed by atoms with Crippen molar-refractivity contribution in [2.75, 3.05) is 17.2 Å². The van der Waals surface area contributed by atoms with Gasteiger partial charge in [-0.1, -0.05) is 29.8 Å². The van der Waals surface area contributed by atoms with Crippen LogP contribution in [-0.4, -0.2) is 12.5 Å². The lowest BCUT2D eigenvalue weighted by atomic mass is 10.2. The second-order valence-corrected chi connectivity index (χ2v) is 5.16. The van der Waals surface area contributed by atoms with Crippen LogP contribution in [-0.2, 0) is 4.79 Å². The number of rotatable bonds is 4. The number of carbonyl (C=O) groups excluding carboxylic acids is 1. The number of carbonyl (C=O) groups is 1. The van der Waals surface area contributed by atoms with E-state index in [1.807, 2.05) is 56.3 Å². The van der Waals surface area contributed by atoms with Gasteiger partial charge in [-0.15, -0.1) is 0 Å². The number of anilines is 2. The van der Waals surface area contributed by atoms with E-state index in [4.69, 9.17) is 11.6 Å². The van der Waals surface area contributed by atoms with Gasteiger partial charge in [0.05, 0.1) is 17.3 Å². The lowest BCUT2D eigenvalue weighted by Crippen LogP contribution is -2.21. The van der Waals surface area contributed by atoms with Crippen molar-refractivity contribution in [2.24, 2.45) is 0 Å². The van der Waals surface area contributed by atoms with E-state index >= 15 is 0 Å². The van der Waals surface area contributed by atoms with Gasteiger partial charge in [-0.2, -0.15) is 0 Å². The van der Waals surface area contributed by atoms with Gasteiger partial charge in [0.2, 0.25) is 5.91 Å². The second kappa shape index (κ2) is 6.44. The van der Waals surface area contributed by atoms with Gasteiger partial charge < -0.3 is 10.6 Å². The molecule has 0 bridgehead atoms. The summed E-state index contributed by atoms with van der Waals surface area (Å²) in [5.74, 6) is -0.104. The minimum Gasteiger partial charge on any atom is -0.375 e. The van der Waals surface area contributed by atoms with Crippen molar-refractivity contribution in [3.05, 3.63) is 58.6 Å². The summed E-state index contributed by atoms with van der Waals surface area (Å²) in [4.78, 5) is 11.9. The maximum atomic E-state index is 11.9. The van der Waals surface area contributed by atoms with Gasteiger partial charge in [0, 0.05) is 5.69 Å². The first-order valence-corrected chi connectivity index (χ1v) is 6.79. The van der Waals surface area contributed by atoms with Crippen LogP contribution < -0.4 is 10.6 Å². The molecule has 0 unspecified atom stereocenters. The van der Waals surface area contributed by atoms with Crippen molar-refractivity contribution in [1.82, 2.24) is 0 Å². The molecule has 0 aromatic heterocycles. The molecule has 104 valence electrons. The summed E-state index contributed by atoms with van der Waals surface area (Å²) < 4.78 is 0. The van der Waals surface area contributed by atoms with Crippen molar-refractivity contribution >= 4 is 28.9 Å². The van der Waals surface area contributed by atoms with Gasteiger partial charge in [0.25, 0.3) is 0 Å². The Hall–Kier alpha value is -2.00. The molecule has 1 amide bonds. The van der Waals surface area contributed by atoms with E-state index < -0.39 is 0 Å². The molecule has 0 fully saturated rings. The quantitative estimate of drug-likeness (QED) is 0.892. The summed E-state index contributed by atoms with van der Waals surface area (Å²) in [5.41, 5.74) is 3.77. The maximum Gasteiger partial charge on any atom is 0.243 e. The zero-order valence-electron chi connectivity index (χ0n) is 11.5. The fourth-order valence-corrected chi connectivity index (χ4v) is 2.06. The fraction of sp³-hybridized carbons (Fsp3) is 0.188. The van der Waals surface area contributed by atoms with Crippen molar-refractivity contribution in [3.63, 3.8) is 0 Å². The molecule has 4 heteroatoms. The highest BCUT2D eigenvalue weighted by Gasteiger charge is 2.05. The van der Waals surface area contributed by atoms with E-state index in [0.717, 1.165) is 22.5 Å². The molecule has 20 heavy (non-hydrogen) atoms. The number of nitrogens with one attached hydrogen (secondary N) is 2. The molecule has 0 saturated heterocycles. The van der Waals surface area contributed by atoms with Crippen LogP contribution in [0.4, 0.5) is 11.4 Å². The summed E-state index contributed by atoms with van der Waals surface area (Å²) in [5, 5.41) is 6.50. The molecule has 2 aromatic rings. The molecule has 0 aliphatic rings. The predicted molar refractivity (Wildman–Crippen MR) is 84.5 cm³/mol. The topological polar surface area (TPSA) is 41.1 Å². The molecule has 0 saturated carbocycles.